The van der Waals surface area contributed by atoms with Crippen LogP contribution in [0.2, 0.25) is 5.02 Å². The molecular formula is C25H23ClN2O5. The molecule has 0 aliphatic carbocycles. The van der Waals surface area contributed by atoms with Gasteiger partial charge in [0.15, 0.2) is 17.6 Å². The number of carbonyl (C=O) groups excluding carboxylic acids is 2. The summed E-state index contributed by atoms with van der Waals surface area (Å²) in [6.07, 6.45) is 0.675. The van der Waals surface area contributed by atoms with Crippen molar-refractivity contribution < 1.29 is 23.8 Å². The average molecular weight is 467 g/mol. The highest BCUT2D eigenvalue weighted by molar-refractivity contribution is 6.30. The predicted molar refractivity (Wildman–Crippen MR) is 126 cm³/mol. The first-order chi connectivity index (χ1) is 16.0. The summed E-state index contributed by atoms with van der Waals surface area (Å²) in [6.45, 7) is 3.81. The van der Waals surface area contributed by atoms with Gasteiger partial charge in [-0.15, -0.1) is 0 Å². The second kappa shape index (κ2) is 11.7. The van der Waals surface area contributed by atoms with E-state index in [1.165, 1.54) is 6.21 Å². The number of ether oxygens (including phenoxy) is 3. The molecular weight excluding hydrogens is 444 g/mol. The highest BCUT2D eigenvalue weighted by Crippen LogP contribution is 2.29. The topological polar surface area (TPSA) is 86.2 Å². The number of hydrogen-bond acceptors (Lipinski definition) is 6. The SMILES string of the molecule is CCOc1cc(/C=N\NC(=O)[C@@H](C)Oc2cccc(Cl)c2)ccc1OC(=O)c1ccccc1. The number of nitrogens with zero attached hydrogens (tertiary/aromatic N) is 1. The van der Waals surface area contributed by atoms with E-state index in [0.717, 1.165) is 0 Å². The number of halogens is 1. The summed E-state index contributed by atoms with van der Waals surface area (Å²) < 4.78 is 16.6. The van der Waals surface area contributed by atoms with Gasteiger partial charge in [0.2, 0.25) is 0 Å². The van der Waals surface area contributed by atoms with Gasteiger partial charge in [0.1, 0.15) is 5.75 Å². The van der Waals surface area contributed by atoms with Gasteiger partial charge in [-0.1, -0.05) is 35.9 Å². The van der Waals surface area contributed by atoms with Crippen LogP contribution in [0, 0.1) is 0 Å². The minimum Gasteiger partial charge on any atom is -0.490 e. The summed E-state index contributed by atoms with van der Waals surface area (Å²) in [5.74, 6) is 0.241. The zero-order valence-electron chi connectivity index (χ0n) is 18.2. The molecule has 0 fully saturated rings. The van der Waals surface area contributed by atoms with Crippen molar-refractivity contribution in [2.75, 3.05) is 6.61 Å². The minimum absolute atomic E-state index is 0.287. The normalized spacial score (nSPS) is 11.6. The zero-order valence-corrected chi connectivity index (χ0v) is 18.9. The highest BCUT2D eigenvalue weighted by Gasteiger charge is 2.15. The van der Waals surface area contributed by atoms with Crippen LogP contribution in [0.3, 0.4) is 0 Å². The van der Waals surface area contributed by atoms with Gasteiger partial charge < -0.3 is 14.2 Å². The first kappa shape index (κ1) is 23.8. The molecule has 0 spiro atoms. The van der Waals surface area contributed by atoms with Crippen molar-refractivity contribution in [2.24, 2.45) is 5.10 Å². The molecule has 0 aliphatic heterocycles. The van der Waals surface area contributed by atoms with Gasteiger partial charge in [0, 0.05) is 5.02 Å². The number of benzene rings is 3. The number of amides is 1. The van der Waals surface area contributed by atoms with Gasteiger partial charge in [0.25, 0.3) is 5.91 Å². The van der Waals surface area contributed by atoms with E-state index in [1.54, 1.807) is 73.7 Å². The molecule has 0 aliphatic rings. The third-order valence-corrected chi connectivity index (χ3v) is 4.58. The van der Waals surface area contributed by atoms with Crippen LogP contribution in [0.15, 0.2) is 77.9 Å². The lowest BCUT2D eigenvalue weighted by molar-refractivity contribution is -0.127. The Balaban J connectivity index is 1.62. The van der Waals surface area contributed by atoms with Crippen molar-refractivity contribution >= 4 is 29.7 Å². The largest absolute Gasteiger partial charge is 0.490 e. The fourth-order valence-corrected chi connectivity index (χ4v) is 2.93. The Kier molecular flexibility index (Phi) is 8.43. The molecule has 0 heterocycles. The second-order valence-electron chi connectivity index (χ2n) is 6.85. The standard InChI is InChI=1S/C25H23ClN2O5/c1-3-31-23-14-18(12-13-22(23)33-25(30)19-8-5-4-6-9-19)16-27-28-24(29)17(2)32-21-11-7-10-20(26)15-21/h4-17H,3H2,1-2H3,(H,28,29)/b27-16-/t17-/m1/s1. The van der Waals surface area contributed by atoms with Crippen LogP contribution in [-0.4, -0.2) is 30.8 Å². The van der Waals surface area contributed by atoms with E-state index in [1.807, 2.05) is 13.0 Å². The first-order valence-electron chi connectivity index (χ1n) is 10.3. The average Bonchev–Trinajstić information content (AvgIpc) is 2.81. The van der Waals surface area contributed by atoms with Crippen LogP contribution in [0.1, 0.15) is 29.8 Å². The highest BCUT2D eigenvalue weighted by atomic mass is 35.5. The molecule has 33 heavy (non-hydrogen) atoms. The molecule has 0 unspecified atom stereocenters. The van der Waals surface area contributed by atoms with Crippen molar-refractivity contribution in [1.29, 1.82) is 0 Å². The summed E-state index contributed by atoms with van der Waals surface area (Å²) in [5.41, 5.74) is 3.51. The van der Waals surface area contributed by atoms with E-state index < -0.39 is 18.0 Å². The van der Waals surface area contributed by atoms with Crippen molar-refractivity contribution in [3.05, 3.63) is 88.9 Å². The van der Waals surface area contributed by atoms with Gasteiger partial charge in [-0.2, -0.15) is 5.10 Å². The molecule has 0 aromatic heterocycles. The Labute approximate surface area is 196 Å². The molecule has 1 amide bonds. The van der Waals surface area contributed by atoms with Crippen molar-refractivity contribution in [3.8, 4) is 17.2 Å². The number of hydrazone groups is 1. The molecule has 3 rings (SSSR count). The number of nitrogens with one attached hydrogen (secondary N) is 1. The predicted octanol–water partition coefficient (Wildman–Crippen LogP) is 4.88. The maximum atomic E-state index is 12.3. The number of rotatable bonds is 9. The van der Waals surface area contributed by atoms with E-state index in [4.69, 9.17) is 25.8 Å². The summed E-state index contributed by atoms with van der Waals surface area (Å²) >= 11 is 5.92. The van der Waals surface area contributed by atoms with E-state index in [9.17, 15) is 9.59 Å². The molecule has 0 bridgehead atoms. The van der Waals surface area contributed by atoms with Crippen LogP contribution < -0.4 is 19.6 Å². The maximum Gasteiger partial charge on any atom is 0.343 e. The third-order valence-electron chi connectivity index (χ3n) is 4.35. The maximum absolute atomic E-state index is 12.3. The Hall–Kier alpha value is -3.84. The van der Waals surface area contributed by atoms with Gasteiger partial charge >= 0.3 is 5.97 Å². The number of carbonyl (C=O) groups is 2. The molecule has 1 N–H and O–H groups in total. The Morgan fingerprint density at radius 3 is 2.55 bits per heavy atom. The molecule has 3 aromatic rings. The molecule has 7 nitrogen and oxygen atoms in total. The molecule has 170 valence electrons. The summed E-state index contributed by atoms with van der Waals surface area (Å²) in [6, 6.07) is 20.4. The smallest absolute Gasteiger partial charge is 0.343 e. The Morgan fingerprint density at radius 1 is 1.03 bits per heavy atom. The van der Waals surface area contributed by atoms with E-state index >= 15 is 0 Å². The molecule has 1 atom stereocenters. The lowest BCUT2D eigenvalue weighted by atomic mass is 10.2. The van der Waals surface area contributed by atoms with Crippen LogP contribution in [0.5, 0.6) is 17.2 Å². The second-order valence-corrected chi connectivity index (χ2v) is 7.28. The van der Waals surface area contributed by atoms with Gasteiger partial charge in [0.05, 0.1) is 18.4 Å². The monoisotopic (exact) mass is 466 g/mol. The van der Waals surface area contributed by atoms with Gasteiger partial charge in [-0.3, -0.25) is 4.79 Å². The fourth-order valence-electron chi connectivity index (χ4n) is 2.75. The summed E-state index contributed by atoms with van der Waals surface area (Å²) in [7, 11) is 0. The van der Waals surface area contributed by atoms with E-state index in [-0.39, 0.29) is 5.75 Å². The first-order valence-corrected chi connectivity index (χ1v) is 10.6. The molecule has 3 aromatic carbocycles. The summed E-state index contributed by atoms with van der Waals surface area (Å²) in [4.78, 5) is 24.6. The lowest BCUT2D eigenvalue weighted by Gasteiger charge is -2.13. The van der Waals surface area contributed by atoms with E-state index in [2.05, 4.69) is 10.5 Å². The third kappa shape index (κ3) is 7.08. The Morgan fingerprint density at radius 2 is 1.82 bits per heavy atom. The fraction of sp³-hybridized carbons (Fsp3) is 0.160. The Bertz CT molecular complexity index is 1130. The van der Waals surface area contributed by atoms with Crippen molar-refractivity contribution in [2.45, 2.75) is 20.0 Å². The van der Waals surface area contributed by atoms with Crippen LogP contribution in [0.4, 0.5) is 0 Å². The minimum atomic E-state index is -0.778. The van der Waals surface area contributed by atoms with Gasteiger partial charge in [-0.25, -0.2) is 10.2 Å². The quantitative estimate of drug-likeness (QED) is 0.210. The summed E-state index contributed by atoms with van der Waals surface area (Å²) in [5, 5.41) is 4.48. The lowest BCUT2D eigenvalue weighted by Crippen LogP contribution is -2.33. The van der Waals surface area contributed by atoms with Crippen LogP contribution in [0.25, 0.3) is 0 Å². The molecule has 0 radical (unpaired) electrons. The molecule has 0 saturated carbocycles. The number of esters is 1. The van der Waals surface area contributed by atoms with Crippen molar-refractivity contribution in [1.82, 2.24) is 5.43 Å². The van der Waals surface area contributed by atoms with Crippen LogP contribution in [-0.2, 0) is 4.79 Å². The molecule has 0 saturated heterocycles. The van der Waals surface area contributed by atoms with Crippen LogP contribution >= 0.6 is 11.6 Å². The van der Waals surface area contributed by atoms with Crippen molar-refractivity contribution in [3.63, 3.8) is 0 Å². The van der Waals surface area contributed by atoms with Gasteiger partial charge in [-0.05, 0) is 67.9 Å². The van der Waals surface area contributed by atoms with E-state index in [0.29, 0.717) is 34.3 Å². The molecule has 8 heteroatoms. The number of hydrogen-bond donors (Lipinski definition) is 1. The zero-order chi connectivity index (χ0) is 23.6.